The first-order valence-electron chi connectivity index (χ1n) is 4.04. The van der Waals surface area contributed by atoms with E-state index in [1.165, 1.54) is 0 Å². The van der Waals surface area contributed by atoms with Crippen LogP contribution in [0.4, 0.5) is 9.18 Å². The van der Waals surface area contributed by atoms with Crippen molar-refractivity contribution in [1.29, 1.82) is 0 Å². The SMILES string of the molecule is C=C(CF)CNC(=O)OC(C)(C)C. The van der Waals surface area contributed by atoms with E-state index < -0.39 is 18.4 Å². The second kappa shape index (κ2) is 4.84. The van der Waals surface area contributed by atoms with Crippen LogP contribution in [0.2, 0.25) is 0 Å². The van der Waals surface area contributed by atoms with E-state index in [2.05, 4.69) is 11.9 Å². The van der Waals surface area contributed by atoms with Gasteiger partial charge in [0.1, 0.15) is 12.3 Å². The van der Waals surface area contributed by atoms with E-state index in [1.807, 2.05) is 0 Å². The van der Waals surface area contributed by atoms with Crippen molar-refractivity contribution in [1.82, 2.24) is 5.32 Å². The number of halogens is 1. The van der Waals surface area contributed by atoms with E-state index in [0.29, 0.717) is 5.57 Å². The van der Waals surface area contributed by atoms with Gasteiger partial charge in [-0.25, -0.2) is 9.18 Å². The minimum Gasteiger partial charge on any atom is -0.444 e. The topological polar surface area (TPSA) is 38.3 Å². The molecule has 0 bridgehead atoms. The zero-order valence-corrected chi connectivity index (χ0v) is 8.32. The van der Waals surface area contributed by atoms with Gasteiger partial charge in [-0.05, 0) is 26.3 Å². The Morgan fingerprint density at radius 2 is 2.08 bits per heavy atom. The third-order valence-electron chi connectivity index (χ3n) is 1.07. The Hall–Kier alpha value is -1.06. The molecular weight excluding hydrogens is 173 g/mol. The first kappa shape index (κ1) is 11.9. The molecule has 0 aromatic heterocycles. The monoisotopic (exact) mass is 189 g/mol. The van der Waals surface area contributed by atoms with Crippen LogP contribution in [0.25, 0.3) is 0 Å². The summed E-state index contributed by atoms with van der Waals surface area (Å²) >= 11 is 0. The Labute approximate surface area is 78.0 Å². The van der Waals surface area contributed by atoms with E-state index in [0.717, 1.165) is 0 Å². The number of alkyl carbamates (subject to hydrolysis) is 1. The molecule has 0 heterocycles. The van der Waals surface area contributed by atoms with E-state index in [1.54, 1.807) is 20.8 Å². The maximum atomic E-state index is 11.9. The van der Waals surface area contributed by atoms with Gasteiger partial charge in [-0.15, -0.1) is 0 Å². The molecule has 0 saturated carbocycles. The number of nitrogens with one attached hydrogen (secondary N) is 1. The summed E-state index contributed by atoms with van der Waals surface area (Å²) in [5.74, 6) is 0. The third-order valence-corrected chi connectivity index (χ3v) is 1.07. The van der Waals surface area contributed by atoms with Gasteiger partial charge in [0.2, 0.25) is 0 Å². The molecule has 3 nitrogen and oxygen atoms in total. The Bertz CT molecular complexity index is 196. The highest BCUT2D eigenvalue weighted by atomic mass is 19.1. The second-order valence-corrected chi connectivity index (χ2v) is 3.74. The predicted octanol–water partition coefficient (Wildman–Crippen LogP) is 2.04. The molecular formula is C9H16FNO2. The summed E-state index contributed by atoms with van der Waals surface area (Å²) in [5, 5.41) is 2.39. The van der Waals surface area contributed by atoms with Crippen molar-refractivity contribution in [3.63, 3.8) is 0 Å². The van der Waals surface area contributed by atoms with Gasteiger partial charge in [-0.1, -0.05) is 6.58 Å². The van der Waals surface area contributed by atoms with E-state index in [4.69, 9.17) is 4.74 Å². The summed E-state index contributed by atoms with van der Waals surface area (Å²) in [5.41, 5.74) is -0.202. The smallest absolute Gasteiger partial charge is 0.407 e. The first-order chi connectivity index (χ1) is 5.85. The molecule has 0 aliphatic heterocycles. The largest absolute Gasteiger partial charge is 0.444 e. The Morgan fingerprint density at radius 1 is 1.54 bits per heavy atom. The van der Waals surface area contributed by atoms with Crippen molar-refractivity contribution in [2.24, 2.45) is 0 Å². The Morgan fingerprint density at radius 3 is 2.46 bits per heavy atom. The highest BCUT2D eigenvalue weighted by Crippen LogP contribution is 2.06. The molecule has 4 heteroatoms. The van der Waals surface area contributed by atoms with Crippen LogP contribution in [0.5, 0.6) is 0 Å². The third kappa shape index (κ3) is 7.31. The molecule has 0 aromatic rings. The number of alkyl halides is 1. The van der Waals surface area contributed by atoms with Crippen molar-refractivity contribution in [3.05, 3.63) is 12.2 Å². The highest BCUT2D eigenvalue weighted by Gasteiger charge is 2.15. The fraction of sp³-hybridized carbons (Fsp3) is 0.667. The van der Waals surface area contributed by atoms with Crippen LogP contribution in [0.1, 0.15) is 20.8 Å². The minimum absolute atomic E-state index is 0.116. The lowest BCUT2D eigenvalue weighted by Gasteiger charge is -2.19. The van der Waals surface area contributed by atoms with Gasteiger partial charge < -0.3 is 10.1 Å². The summed E-state index contributed by atoms with van der Waals surface area (Å²) in [6.07, 6.45) is -0.554. The molecule has 0 aliphatic rings. The van der Waals surface area contributed by atoms with Crippen LogP contribution >= 0.6 is 0 Å². The lowest BCUT2D eigenvalue weighted by Crippen LogP contribution is -2.33. The molecule has 0 radical (unpaired) electrons. The number of hydrogen-bond acceptors (Lipinski definition) is 2. The maximum Gasteiger partial charge on any atom is 0.407 e. The highest BCUT2D eigenvalue weighted by molar-refractivity contribution is 5.67. The Kier molecular flexibility index (Phi) is 4.45. The van der Waals surface area contributed by atoms with E-state index in [9.17, 15) is 9.18 Å². The van der Waals surface area contributed by atoms with E-state index in [-0.39, 0.29) is 6.54 Å². The summed E-state index contributed by atoms with van der Waals surface area (Å²) in [7, 11) is 0. The standard InChI is InChI=1S/C9H16FNO2/c1-7(5-10)6-11-8(12)13-9(2,3)4/h1,5-6H2,2-4H3,(H,11,12). The first-order valence-corrected chi connectivity index (χ1v) is 4.04. The lowest BCUT2D eigenvalue weighted by molar-refractivity contribution is 0.0532. The van der Waals surface area contributed by atoms with Crippen molar-refractivity contribution in [2.75, 3.05) is 13.2 Å². The molecule has 13 heavy (non-hydrogen) atoms. The van der Waals surface area contributed by atoms with Gasteiger partial charge in [-0.3, -0.25) is 0 Å². The molecule has 0 atom stereocenters. The zero-order chi connectivity index (χ0) is 10.5. The fourth-order valence-corrected chi connectivity index (χ4v) is 0.559. The zero-order valence-electron chi connectivity index (χ0n) is 8.32. The quantitative estimate of drug-likeness (QED) is 0.690. The summed E-state index contributed by atoms with van der Waals surface area (Å²) in [6, 6.07) is 0. The number of rotatable bonds is 3. The molecule has 1 N–H and O–H groups in total. The molecule has 0 aliphatic carbocycles. The number of hydrogen-bond donors (Lipinski definition) is 1. The fourth-order valence-electron chi connectivity index (χ4n) is 0.559. The van der Waals surface area contributed by atoms with Gasteiger partial charge in [0.25, 0.3) is 0 Å². The predicted molar refractivity (Wildman–Crippen MR) is 49.4 cm³/mol. The van der Waals surface area contributed by atoms with Gasteiger partial charge in [0, 0.05) is 6.54 Å². The molecule has 0 aromatic carbocycles. The number of ether oxygens (including phenoxy) is 1. The van der Waals surface area contributed by atoms with E-state index >= 15 is 0 Å². The number of carbonyl (C=O) groups is 1. The van der Waals surface area contributed by atoms with Gasteiger partial charge >= 0.3 is 6.09 Å². The van der Waals surface area contributed by atoms with Crippen LogP contribution in [0.15, 0.2) is 12.2 Å². The lowest BCUT2D eigenvalue weighted by atomic mass is 10.2. The molecule has 76 valence electrons. The maximum absolute atomic E-state index is 11.9. The van der Waals surface area contributed by atoms with Crippen molar-refractivity contribution in [2.45, 2.75) is 26.4 Å². The van der Waals surface area contributed by atoms with Gasteiger partial charge in [0.15, 0.2) is 0 Å². The average Bonchev–Trinajstić information content (AvgIpc) is 1.97. The van der Waals surface area contributed by atoms with Crippen LogP contribution in [-0.4, -0.2) is 24.9 Å². The van der Waals surface area contributed by atoms with Gasteiger partial charge in [-0.2, -0.15) is 0 Å². The molecule has 0 unspecified atom stereocenters. The summed E-state index contributed by atoms with van der Waals surface area (Å²) in [4.78, 5) is 11.0. The minimum atomic E-state index is -0.629. The molecule has 0 saturated heterocycles. The average molecular weight is 189 g/mol. The summed E-state index contributed by atoms with van der Waals surface area (Å²) < 4.78 is 16.8. The molecule has 0 spiro atoms. The van der Waals surface area contributed by atoms with Crippen molar-refractivity contribution in [3.8, 4) is 0 Å². The number of carbonyl (C=O) groups excluding carboxylic acids is 1. The van der Waals surface area contributed by atoms with Crippen LogP contribution in [0.3, 0.4) is 0 Å². The van der Waals surface area contributed by atoms with Crippen LogP contribution in [0, 0.1) is 0 Å². The number of amides is 1. The summed E-state index contributed by atoms with van der Waals surface area (Å²) in [6.45, 7) is 8.17. The normalized spacial score (nSPS) is 10.8. The molecule has 1 amide bonds. The second-order valence-electron chi connectivity index (χ2n) is 3.74. The van der Waals surface area contributed by atoms with Crippen molar-refractivity contribution < 1.29 is 13.9 Å². The van der Waals surface area contributed by atoms with Crippen molar-refractivity contribution >= 4 is 6.09 Å². The Balaban J connectivity index is 3.71. The van der Waals surface area contributed by atoms with Crippen LogP contribution < -0.4 is 5.32 Å². The molecule has 0 fully saturated rings. The van der Waals surface area contributed by atoms with Crippen LogP contribution in [-0.2, 0) is 4.74 Å². The van der Waals surface area contributed by atoms with Gasteiger partial charge in [0.05, 0.1) is 0 Å². The molecule has 0 rings (SSSR count).